The number of carbonyl (C=O) groups is 6. The van der Waals surface area contributed by atoms with Crippen LogP contribution in [-0.2, 0) is 64.2 Å². The van der Waals surface area contributed by atoms with E-state index in [-0.39, 0.29) is 36.3 Å². The largest absolute Gasteiger partial charge is 0.514 e. The molecule has 1 N–H and O–H groups in total. The van der Waals surface area contributed by atoms with Gasteiger partial charge in [0.05, 0.1) is 30.5 Å². The number of hydrogen-bond donors (Lipinski definition) is 1. The van der Waals surface area contributed by atoms with Gasteiger partial charge in [-0.3, -0.25) is 14.4 Å². The Balaban J connectivity index is 1.47. The molecule has 0 aromatic heterocycles. The van der Waals surface area contributed by atoms with Gasteiger partial charge in [0.2, 0.25) is 12.2 Å². The lowest BCUT2D eigenvalue weighted by Crippen LogP contribution is -2.74. The molecule has 1 fully saturated rings. The highest BCUT2D eigenvalue weighted by atomic mass is 16.7. The molecule has 1 saturated heterocycles. The van der Waals surface area contributed by atoms with Gasteiger partial charge in [0.1, 0.15) is 17.0 Å². The van der Waals surface area contributed by atoms with Gasteiger partial charge in [-0.05, 0) is 92.1 Å². The number of nitrogens with zero attached hydrogens (tertiary/aromatic N) is 1. The third-order valence-corrected chi connectivity index (χ3v) is 10.1. The van der Waals surface area contributed by atoms with Crippen molar-refractivity contribution in [3.8, 4) is 11.5 Å². The summed E-state index contributed by atoms with van der Waals surface area (Å²) < 4.78 is 44.6. The maximum Gasteiger partial charge on any atom is 0.514 e. The number of unbranched alkanes of at least 4 members (excludes halogenated alkanes) is 1. The van der Waals surface area contributed by atoms with Gasteiger partial charge < -0.3 is 47.9 Å². The van der Waals surface area contributed by atoms with E-state index in [1.165, 1.54) is 6.08 Å². The van der Waals surface area contributed by atoms with Crippen molar-refractivity contribution in [2.24, 2.45) is 0 Å². The summed E-state index contributed by atoms with van der Waals surface area (Å²) in [6.07, 6.45) is -3.63. The van der Waals surface area contributed by atoms with Crippen LogP contribution in [0.15, 0.2) is 24.0 Å². The molecule has 0 amide bonds. The number of carbonyl (C=O) groups excluding carboxylic acids is 6. The number of piperidine rings is 1. The summed E-state index contributed by atoms with van der Waals surface area (Å²) in [6.45, 7) is 13.5. The number of ether oxygens (including phenoxy) is 8. The van der Waals surface area contributed by atoms with Crippen molar-refractivity contribution in [2.75, 3.05) is 20.2 Å². The van der Waals surface area contributed by atoms with Gasteiger partial charge in [0, 0.05) is 24.9 Å². The first kappa shape index (κ1) is 42.4. The minimum atomic E-state index is -1.94. The quantitative estimate of drug-likeness (QED) is 0.129. The SMILES string of the molecule is CCCCOC(=O)C[C@H](OC(C)=O)C(=O)O[C@@H](CC(=O)OC(C)(C)C)C(=O)OC1=CC[C@@]2(O)[C@H]3Cc4ccc(OC(=O)OC(C)(C)C)c5c4[C@@]2(CCN3C)[C@H]1O5. The third-order valence-electron chi connectivity index (χ3n) is 10.1. The predicted molar refractivity (Wildman–Crippen MR) is 194 cm³/mol. The Morgan fingerprint density at radius 1 is 0.929 bits per heavy atom. The number of aliphatic hydroxyl groups is 1. The van der Waals surface area contributed by atoms with E-state index in [0.717, 1.165) is 18.9 Å². The van der Waals surface area contributed by atoms with Crippen molar-refractivity contribution in [1.29, 1.82) is 0 Å². The molecule has 1 spiro atoms. The Labute approximate surface area is 326 Å². The van der Waals surface area contributed by atoms with E-state index >= 15 is 0 Å². The maximum absolute atomic E-state index is 14.1. The van der Waals surface area contributed by atoms with Crippen LogP contribution < -0.4 is 9.47 Å². The van der Waals surface area contributed by atoms with Gasteiger partial charge in [-0.1, -0.05) is 19.4 Å². The van der Waals surface area contributed by atoms with E-state index in [0.29, 0.717) is 31.4 Å². The average molecular weight is 788 g/mol. The molecule has 0 saturated carbocycles. The van der Waals surface area contributed by atoms with Crippen molar-refractivity contribution in [3.05, 3.63) is 35.1 Å². The first-order valence-corrected chi connectivity index (χ1v) is 18.9. The zero-order chi connectivity index (χ0) is 41.4. The van der Waals surface area contributed by atoms with E-state index in [9.17, 15) is 33.9 Å². The molecule has 16 nitrogen and oxygen atoms in total. The van der Waals surface area contributed by atoms with E-state index in [4.69, 9.17) is 37.9 Å². The van der Waals surface area contributed by atoms with Gasteiger partial charge in [0.25, 0.3) is 0 Å². The molecule has 0 unspecified atom stereocenters. The van der Waals surface area contributed by atoms with Crippen LogP contribution in [0, 0.1) is 0 Å². The van der Waals surface area contributed by atoms with Crippen LogP contribution in [-0.4, -0.2) is 107 Å². The normalized spacial score (nSPS) is 24.6. The highest BCUT2D eigenvalue weighted by molar-refractivity contribution is 5.88. The van der Waals surface area contributed by atoms with Crippen LogP contribution in [0.2, 0.25) is 0 Å². The van der Waals surface area contributed by atoms with Gasteiger partial charge in [-0.2, -0.15) is 0 Å². The molecule has 308 valence electrons. The standard InChI is InChI=1S/C40H53NO15/c1-10-11-18-49-29(43)20-26(50-22(2)42)34(45)52-27(21-30(44)55-37(3,4)5)35(46)51-25-14-15-40(48)28-19-23-12-13-24(53-36(47)56-38(6,7)8)32-31(23)39(40,33(25)54-32)16-17-41(28)9/h12-14,26-28,33,48H,10-11,15-21H2,1-9H3/t26-,27-,28+,33-,39-,40+/m0/s1. The number of benzene rings is 1. The molecular formula is C40H53NO15. The number of hydrogen-bond acceptors (Lipinski definition) is 16. The van der Waals surface area contributed by atoms with Crippen LogP contribution in [0.25, 0.3) is 0 Å². The molecule has 5 rings (SSSR count). The summed E-state index contributed by atoms with van der Waals surface area (Å²) in [5.41, 5.74) is -2.91. The van der Waals surface area contributed by atoms with Gasteiger partial charge in [-0.15, -0.1) is 0 Å². The molecule has 0 radical (unpaired) electrons. The molecule has 56 heavy (non-hydrogen) atoms. The molecule has 6 atom stereocenters. The highest BCUT2D eigenvalue weighted by Gasteiger charge is 2.72. The molecule has 2 heterocycles. The molecule has 1 aromatic carbocycles. The fourth-order valence-electron chi connectivity index (χ4n) is 7.89. The summed E-state index contributed by atoms with van der Waals surface area (Å²) in [6, 6.07) is 3.06. The predicted octanol–water partition coefficient (Wildman–Crippen LogP) is 4.13. The van der Waals surface area contributed by atoms with E-state index in [1.54, 1.807) is 47.6 Å². The monoisotopic (exact) mass is 787 g/mol. The molecule has 2 aliphatic heterocycles. The topological polar surface area (TPSA) is 200 Å². The maximum atomic E-state index is 14.1. The van der Waals surface area contributed by atoms with Crippen molar-refractivity contribution in [1.82, 2.24) is 4.90 Å². The number of esters is 5. The average Bonchev–Trinajstić information content (AvgIpc) is 3.42. The molecule has 4 aliphatic rings. The van der Waals surface area contributed by atoms with Crippen LogP contribution >= 0.6 is 0 Å². The van der Waals surface area contributed by atoms with Crippen molar-refractivity contribution >= 4 is 36.0 Å². The van der Waals surface area contributed by atoms with Crippen molar-refractivity contribution < 1.29 is 71.8 Å². The molecule has 2 bridgehead atoms. The summed E-state index contributed by atoms with van der Waals surface area (Å²) in [4.78, 5) is 79.9. The lowest BCUT2D eigenvalue weighted by Gasteiger charge is -2.61. The summed E-state index contributed by atoms with van der Waals surface area (Å²) in [7, 11) is 1.93. The minimum Gasteiger partial charge on any atom is -0.477 e. The Morgan fingerprint density at radius 2 is 1.59 bits per heavy atom. The van der Waals surface area contributed by atoms with Crippen LogP contribution in [0.5, 0.6) is 11.5 Å². The van der Waals surface area contributed by atoms with Gasteiger partial charge in [-0.25, -0.2) is 14.4 Å². The summed E-state index contributed by atoms with van der Waals surface area (Å²) in [5, 5.41) is 12.6. The lowest BCUT2D eigenvalue weighted by atomic mass is 9.50. The lowest BCUT2D eigenvalue weighted by molar-refractivity contribution is -0.185. The van der Waals surface area contributed by atoms with Gasteiger partial charge in [0.15, 0.2) is 17.6 Å². The Morgan fingerprint density at radius 3 is 2.23 bits per heavy atom. The Kier molecular flexibility index (Phi) is 12.2. The summed E-state index contributed by atoms with van der Waals surface area (Å²) in [5.74, 6) is -4.95. The first-order valence-electron chi connectivity index (χ1n) is 18.9. The molecular weight excluding hydrogens is 734 g/mol. The Bertz CT molecular complexity index is 1770. The molecule has 2 aliphatic carbocycles. The first-order chi connectivity index (χ1) is 26.1. The number of rotatable bonds is 13. The zero-order valence-corrected chi connectivity index (χ0v) is 33.5. The second-order valence-corrected chi connectivity index (χ2v) is 16.7. The highest BCUT2D eigenvalue weighted by Crippen LogP contribution is 2.65. The smallest absolute Gasteiger partial charge is 0.477 e. The zero-order valence-electron chi connectivity index (χ0n) is 33.5. The van der Waals surface area contributed by atoms with E-state index < -0.39 is 89.4 Å². The fraction of sp³-hybridized carbons (Fsp3) is 0.650. The molecule has 1 aromatic rings. The fourth-order valence-corrected chi connectivity index (χ4v) is 7.89. The van der Waals surface area contributed by atoms with Crippen LogP contribution in [0.1, 0.15) is 105 Å². The number of likely N-dealkylation sites (N-methyl/N-ethyl adjacent to an activating group) is 1. The van der Waals surface area contributed by atoms with E-state index in [1.807, 2.05) is 20.0 Å². The number of likely N-dealkylation sites (tertiary alicyclic amines) is 1. The second kappa shape index (κ2) is 16.0. The van der Waals surface area contributed by atoms with Crippen LogP contribution in [0.3, 0.4) is 0 Å². The molecule has 16 heteroatoms. The second-order valence-electron chi connectivity index (χ2n) is 16.7. The third kappa shape index (κ3) is 8.80. The van der Waals surface area contributed by atoms with E-state index in [2.05, 4.69) is 4.90 Å². The van der Waals surface area contributed by atoms with Crippen LogP contribution in [0.4, 0.5) is 4.79 Å². The minimum absolute atomic E-state index is 0.0310. The van der Waals surface area contributed by atoms with Crippen molar-refractivity contribution in [2.45, 2.75) is 147 Å². The Hall–Kier alpha value is -4.70. The van der Waals surface area contributed by atoms with Crippen molar-refractivity contribution in [3.63, 3.8) is 0 Å². The van der Waals surface area contributed by atoms with Gasteiger partial charge >= 0.3 is 36.0 Å². The summed E-state index contributed by atoms with van der Waals surface area (Å²) >= 11 is 0.